The van der Waals surface area contributed by atoms with Gasteiger partial charge < -0.3 is 35.5 Å². The molecule has 222 valence electrons. The molecule has 0 bridgehead atoms. The number of aromatic nitrogens is 3. The lowest BCUT2D eigenvalue weighted by molar-refractivity contribution is -0.193. The minimum absolute atomic E-state index is 0.175. The van der Waals surface area contributed by atoms with Crippen LogP contribution in [-0.2, 0) is 9.59 Å². The van der Waals surface area contributed by atoms with E-state index in [2.05, 4.69) is 36.2 Å². The zero-order chi connectivity index (χ0) is 30.7. The second kappa shape index (κ2) is 15.3. The molecule has 0 aliphatic carbocycles. The average molecular weight is 649 g/mol. The van der Waals surface area contributed by atoms with Gasteiger partial charge in [-0.2, -0.15) is 26.3 Å². The summed E-state index contributed by atoms with van der Waals surface area (Å²) in [7, 11) is 0. The van der Waals surface area contributed by atoms with E-state index in [1.165, 1.54) is 0 Å². The van der Waals surface area contributed by atoms with Gasteiger partial charge in [-0.25, -0.2) is 19.6 Å². The number of nitrogens with zero attached hydrogens (tertiary/aromatic N) is 2. The lowest BCUT2D eigenvalue weighted by Crippen LogP contribution is -2.35. The van der Waals surface area contributed by atoms with Crippen LogP contribution >= 0.6 is 15.9 Å². The number of aliphatic hydroxyl groups is 2. The maximum atomic E-state index is 10.6. The molecule has 2 unspecified atom stereocenters. The molecule has 6 N–H and O–H groups in total. The summed E-state index contributed by atoms with van der Waals surface area (Å²) in [6.07, 6.45) is -9.54. The number of halogens is 7. The maximum absolute atomic E-state index is 10.6. The summed E-state index contributed by atoms with van der Waals surface area (Å²) in [4.78, 5) is 29.8. The van der Waals surface area contributed by atoms with Crippen LogP contribution in [0.25, 0.3) is 22.6 Å². The second-order valence-electron chi connectivity index (χ2n) is 7.71. The number of aliphatic hydroxyl groups excluding tert-OH is 2. The van der Waals surface area contributed by atoms with Crippen molar-refractivity contribution in [1.29, 1.82) is 0 Å². The molecular weight excluding hydrogens is 626 g/mol. The number of aliphatic carboxylic acids is 2. The Balaban J connectivity index is 0.000000473. The van der Waals surface area contributed by atoms with E-state index in [9.17, 15) is 31.4 Å². The SMILES string of the molecule is CC(O)CNCC(O)COc1ccc(-c2nc3ncc(Br)cc3[nH]2)cc1.O=C(O)C(F)(F)F.O=C(O)C(F)(F)F. The van der Waals surface area contributed by atoms with Gasteiger partial charge in [-0.15, -0.1) is 0 Å². The van der Waals surface area contributed by atoms with Crippen LogP contribution in [0.5, 0.6) is 5.75 Å². The van der Waals surface area contributed by atoms with Crippen molar-refractivity contribution in [2.24, 2.45) is 0 Å². The van der Waals surface area contributed by atoms with Gasteiger partial charge in [0.05, 0.1) is 11.6 Å². The first kappa shape index (κ1) is 34.5. The van der Waals surface area contributed by atoms with Gasteiger partial charge in [-0.05, 0) is 53.2 Å². The van der Waals surface area contributed by atoms with E-state index < -0.39 is 36.5 Å². The maximum Gasteiger partial charge on any atom is 0.490 e. The Morgan fingerprint density at radius 1 is 1.02 bits per heavy atom. The Morgan fingerprint density at radius 2 is 1.55 bits per heavy atom. The smallest absolute Gasteiger partial charge is 0.490 e. The molecule has 40 heavy (non-hydrogen) atoms. The lowest BCUT2D eigenvalue weighted by Gasteiger charge is -2.14. The summed E-state index contributed by atoms with van der Waals surface area (Å²) < 4.78 is 70.0. The molecule has 0 amide bonds. The van der Waals surface area contributed by atoms with Crippen LogP contribution in [0.2, 0.25) is 0 Å². The van der Waals surface area contributed by atoms with E-state index in [0.29, 0.717) is 24.5 Å². The van der Waals surface area contributed by atoms with E-state index in [-0.39, 0.29) is 6.61 Å². The van der Waals surface area contributed by atoms with Crippen LogP contribution in [0.3, 0.4) is 0 Å². The molecule has 0 aliphatic heterocycles. The Bertz CT molecular complexity index is 1210. The Hall–Kier alpha value is -3.48. The van der Waals surface area contributed by atoms with Gasteiger partial charge in [0.15, 0.2) is 5.65 Å². The van der Waals surface area contributed by atoms with Crippen LogP contribution in [-0.4, -0.2) is 91.6 Å². The molecule has 0 saturated carbocycles. The molecule has 3 rings (SSSR count). The van der Waals surface area contributed by atoms with Gasteiger partial charge in [0.25, 0.3) is 0 Å². The number of alkyl halides is 6. The number of fused-ring (bicyclic) bond motifs is 1. The van der Waals surface area contributed by atoms with E-state index in [1.807, 2.05) is 30.3 Å². The normalized spacial score (nSPS) is 12.8. The highest BCUT2D eigenvalue weighted by atomic mass is 79.9. The third-order valence-corrected chi connectivity index (χ3v) is 4.61. The third kappa shape index (κ3) is 13.0. The Kier molecular flexibility index (Phi) is 13.3. The van der Waals surface area contributed by atoms with Crippen molar-refractivity contribution in [3.8, 4) is 17.1 Å². The summed E-state index contributed by atoms with van der Waals surface area (Å²) in [5.74, 6) is -4.11. The van der Waals surface area contributed by atoms with Crippen LogP contribution in [0.4, 0.5) is 26.3 Å². The molecule has 11 nitrogen and oxygen atoms in total. The standard InChI is InChI=1S/C18H21BrN4O3.2C2HF3O2/c1-11(24)7-20-9-14(25)10-26-15-4-2-12(3-5-15)17-22-16-6-13(19)8-21-18(16)23-17;2*3-2(4,5)1(6)7/h2-6,8,11,14,20,24-25H,7,9-10H2,1H3,(H,21,22,23);2*(H,6,7). The van der Waals surface area contributed by atoms with Gasteiger partial charge in [-0.1, -0.05) is 0 Å². The molecule has 2 aromatic heterocycles. The summed E-state index contributed by atoms with van der Waals surface area (Å²) in [5, 5.41) is 36.2. The number of benzene rings is 1. The molecule has 2 heterocycles. The van der Waals surface area contributed by atoms with E-state index in [0.717, 1.165) is 21.4 Å². The van der Waals surface area contributed by atoms with Crippen molar-refractivity contribution in [1.82, 2.24) is 20.3 Å². The lowest BCUT2D eigenvalue weighted by atomic mass is 10.2. The van der Waals surface area contributed by atoms with Crippen LogP contribution in [0, 0.1) is 0 Å². The fourth-order valence-electron chi connectivity index (χ4n) is 2.43. The predicted octanol–water partition coefficient (Wildman–Crippen LogP) is 3.36. The number of carboxylic acids is 2. The van der Waals surface area contributed by atoms with Crippen molar-refractivity contribution in [2.75, 3.05) is 19.7 Å². The van der Waals surface area contributed by atoms with E-state index >= 15 is 0 Å². The molecule has 2 atom stereocenters. The van der Waals surface area contributed by atoms with Crippen LogP contribution in [0.1, 0.15) is 6.92 Å². The fourth-order valence-corrected chi connectivity index (χ4v) is 2.76. The zero-order valence-corrected chi connectivity index (χ0v) is 21.9. The molecule has 1 aromatic carbocycles. The van der Waals surface area contributed by atoms with Crippen molar-refractivity contribution in [3.63, 3.8) is 0 Å². The largest absolute Gasteiger partial charge is 0.491 e. The van der Waals surface area contributed by atoms with Gasteiger partial charge in [-0.3, -0.25) is 0 Å². The summed E-state index contributed by atoms with van der Waals surface area (Å²) in [6.45, 7) is 2.67. The van der Waals surface area contributed by atoms with E-state index in [1.54, 1.807) is 13.1 Å². The summed E-state index contributed by atoms with van der Waals surface area (Å²) in [6, 6.07) is 9.41. The monoisotopic (exact) mass is 648 g/mol. The second-order valence-corrected chi connectivity index (χ2v) is 8.63. The number of pyridine rings is 1. The predicted molar refractivity (Wildman–Crippen MR) is 130 cm³/mol. The van der Waals surface area contributed by atoms with Gasteiger partial charge in [0.1, 0.15) is 24.3 Å². The van der Waals surface area contributed by atoms with Crippen LogP contribution < -0.4 is 10.1 Å². The number of nitrogens with one attached hydrogen (secondary N) is 2. The van der Waals surface area contributed by atoms with Crippen molar-refractivity contribution >= 4 is 39.0 Å². The molecule has 0 saturated heterocycles. The van der Waals surface area contributed by atoms with Crippen LogP contribution in [0.15, 0.2) is 41.0 Å². The zero-order valence-electron chi connectivity index (χ0n) is 20.3. The highest BCUT2D eigenvalue weighted by Gasteiger charge is 2.38. The van der Waals surface area contributed by atoms with Crippen molar-refractivity contribution in [3.05, 3.63) is 41.0 Å². The minimum atomic E-state index is -5.08. The number of aromatic amines is 1. The first-order valence-corrected chi connectivity index (χ1v) is 11.6. The molecule has 0 fully saturated rings. The summed E-state index contributed by atoms with van der Waals surface area (Å²) >= 11 is 3.39. The number of hydrogen-bond acceptors (Lipinski definition) is 8. The van der Waals surface area contributed by atoms with Gasteiger partial charge >= 0.3 is 24.3 Å². The number of ether oxygens (including phenoxy) is 1. The van der Waals surface area contributed by atoms with E-state index in [4.69, 9.17) is 29.6 Å². The molecule has 0 spiro atoms. The fraction of sp³-hybridized carbons (Fsp3) is 0.364. The van der Waals surface area contributed by atoms with Gasteiger partial charge in [0.2, 0.25) is 0 Å². The first-order valence-electron chi connectivity index (χ1n) is 10.8. The number of carboxylic acid groups (broad SMARTS) is 2. The highest BCUT2D eigenvalue weighted by Crippen LogP contribution is 2.23. The molecular formula is C22H23BrF6N4O7. The van der Waals surface area contributed by atoms with Gasteiger partial charge in [0, 0.05) is 29.3 Å². The number of carbonyl (C=O) groups is 2. The first-order chi connectivity index (χ1) is 18.4. The molecule has 0 radical (unpaired) electrons. The Labute approximate surface area is 230 Å². The van der Waals surface area contributed by atoms with Crippen molar-refractivity contribution in [2.45, 2.75) is 31.5 Å². The minimum Gasteiger partial charge on any atom is -0.491 e. The number of rotatable bonds is 8. The molecule has 3 aromatic rings. The topological polar surface area (TPSA) is 178 Å². The third-order valence-electron chi connectivity index (χ3n) is 4.18. The number of hydrogen-bond donors (Lipinski definition) is 6. The molecule has 18 heteroatoms. The number of imidazole rings is 1. The number of H-pyrrole nitrogens is 1. The summed E-state index contributed by atoms with van der Waals surface area (Å²) in [5.41, 5.74) is 2.45. The Morgan fingerprint density at radius 3 is 2.02 bits per heavy atom. The highest BCUT2D eigenvalue weighted by molar-refractivity contribution is 9.10. The van der Waals surface area contributed by atoms with Crippen molar-refractivity contribution < 1.29 is 61.1 Å². The average Bonchev–Trinajstić information content (AvgIpc) is 3.25. The quantitative estimate of drug-likeness (QED) is 0.198. The molecule has 0 aliphatic rings.